The molecule has 11 heteroatoms. The third-order valence-electron chi connectivity index (χ3n) is 6.82. The number of nitrogens with one attached hydrogen (secondary N) is 1. The summed E-state index contributed by atoms with van der Waals surface area (Å²) in [7, 11) is -8.00. The van der Waals surface area contributed by atoms with Crippen LogP contribution in [0.4, 0.5) is 8.78 Å². The van der Waals surface area contributed by atoms with Crippen molar-refractivity contribution >= 4 is 31.6 Å². The molecule has 4 rings (SSSR count). The first-order valence-corrected chi connectivity index (χ1v) is 14.2. The molecule has 34 heavy (non-hydrogen) atoms. The van der Waals surface area contributed by atoms with Gasteiger partial charge in [-0.25, -0.2) is 17.2 Å². The van der Waals surface area contributed by atoms with E-state index in [4.69, 9.17) is 11.6 Å². The lowest BCUT2D eigenvalue weighted by atomic mass is 9.74. The van der Waals surface area contributed by atoms with Gasteiger partial charge in [0.15, 0.2) is 9.84 Å². The van der Waals surface area contributed by atoms with Crippen LogP contribution < -0.4 is 4.72 Å². The van der Waals surface area contributed by atoms with Gasteiger partial charge in [0.1, 0.15) is 16.4 Å². The normalized spacial score (nSPS) is 27.8. The Kier molecular flexibility index (Phi) is 6.39. The van der Waals surface area contributed by atoms with E-state index in [0.717, 1.165) is 18.2 Å². The summed E-state index contributed by atoms with van der Waals surface area (Å²) in [5.74, 6) is -2.01. The summed E-state index contributed by atoms with van der Waals surface area (Å²) < 4.78 is 85.5. The van der Waals surface area contributed by atoms with E-state index in [-0.39, 0.29) is 36.3 Å². The van der Waals surface area contributed by atoms with Crippen molar-refractivity contribution in [3.05, 3.63) is 64.7 Å². The van der Waals surface area contributed by atoms with Gasteiger partial charge in [0.2, 0.25) is 0 Å². The fourth-order valence-corrected chi connectivity index (χ4v) is 9.43. The van der Waals surface area contributed by atoms with Crippen LogP contribution in [-0.4, -0.2) is 39.3 Å². The molecule has 1 aliphatic heterocycles. The van der Waals surface area contributed by atoms with Gasteiger partial charge in [-0.3, -0.25) is 0 Å². The third-order valence-corrected chi connectivity index (χ3v) is 11.5. The Bertz CT molecular complexity index is 1310. The van der Waals surface area contributed by atoms with E-state index in [1.54, 1.807) is 20.8 Å². The molecule has 0 spiro atoms. The number of hydrogen-bond donors (Lipinski definition) is 1. The zero-order valence-electron chi connectivity index (χ0n) is 19.1. The van der Waals surface area contributed by atoms with E-state index in [0.29, 0.717) is 5.02 Å². The van der Waals surface area contributed by atoms with Crippen LogP contribution >= 0.6 is 11.6 Å². The fourth-order valence-electron chi connectivity index (χ4n) is 5.16. The molecule has 1 saturated heterocycles. The van der Waals surface area contributed by atoms with Gasteiger partial charge in [-0.2, -0.15) is 17.4 Å². The van der Waals surface area contributed by atoms with E-state index in [1.807, 2.05) is 0 Å². The van der Waals surface area contributed by atoms with Crippen LogP contribution in [0.3, 0.4) is 0 Å². The van der Waals surface area contributed by atoms with Gasteiger partial charge in [0.25, 0.3) is 10.2 Å². The predicted molar refractivity (Wildman–Crippen MR) is 126 cm³/mol. The topological polar surface area (TPSA) is 83.6 Å². The van der Waals surface area contributed by atoms with E-state index >= 15 is 4.39 Å². The van der Waals surface area contributed by atoms with Crippen molar-refractivity contribution in [1.82, 2.24) is 9.03 Å². The predicted octanol–water partition coefficient (Wildman–Crippen LogP) is 4.40. The smallest absolute Gasteiger partial charge is 0.223 e. The zero-order chi connectivity index (χ0) is 25.1. The standard InChI is InChI=1S/C23H27ClF2N2O4S2/c1-22(2,3)28-14-15-13-23(11-10-21(15)27-34(28,31)32,19-12-17(25)6-9-20(19)26)33(29,30)18-7-4-16(24)5-8-18/h4-9,12,15,21,27H,10-11,13-14H2,1-3H3/t15-,21-,23+/m0/s1. The molecule has 2 aromatic rings. The van der Waals surface area contributed by atoms with Crippen LogP contribution in [-0.2, 0) is 24.8 Å². The van der Waals surface area contributed by atoms with Crippen LogP contribution in [0.5, 0.6) is 0 Å². The summed E-state index contributed by atoms with van der Waals surface area (Å²) in [6.07, 6.45) is 0.0142. The van der Waals surface area contributed by atoms with Crippen LogP contribution in [0.15, 0.2) is 47.4 Å². The lowest BCUT2D eigenvalue weighted by Crippen LogP contribution is -2.64. The molecule has 6 nitrogen and oxygen atoms in total. The highest BCUT2D eigenvalue weighted by Crippen LogP contribution is 2.51. The monoisotopic (exact) mass is 532 g/mol. The first-order valence-electron chi connectivity index (χ1n) is 10.9. The SMILES string of the molecule is CC(C)(C)N1C[C@@H]2C[C@](c3cc(F)ccc3F)(S(=O)(=O)c3ccc(Cl)cc3)CC[C@@H]2NS1(=O)=O. The van der Waals surface area contributed by atoms with Crippen molar-refractivity contribution in [2.24, 2.45) is 5.92 Å². The molecule has 1 saturated carbocycles. The quantitative estimate of drug-likeness (QED) is 0.635. The molecule has 0 radical (unpaired) electrons. The van der Waals surface area contributed by atoms with Crippen LogP contribution in [0.2, 0.25) is 5.02 Å². The van der Waals surface area contributed by atoms with Crippen molar-refractivity contribution in [2.75, 3.05) is 6.54 Å². The molecular weight excluding hydrogens is 506 g/mol. The van der Waals surface area contributed by atoms with Gasteiger partial charge in [0.05, 0.1) is 4.90 Å². The summed E-state index contributed by atoms with van der Waals surface area (Å²) in [5.41, 5.74) is -0.993. The highest BCUT2D eigenvalue weighted by atomic mass is 35.5. The Morgan fingerprint density at radius 1 is 1.12 bits per heavy atom. The summed E-state index contributed by atoms with van der Waals surface area (Å²) in [6, 6.07) is 7.90. The van der Waals surface area contributed by atoms with Gasteiger partial charge in [-0.15, -0.1) is 0 Å². The molecule has 1 aliphatic carbocycles. The zero-order valence-corrected chi connectivity index (χ0v) is 21.4. The molecule has 2 aromatic carbocycles. The molecule has 186 valence electrons. The molecule has 0 bridgehead atoms. The molecule has 2 aliphatic rings. The van der Waals surface area contributed by atoms with Gasteiger partial charge in [-0.1, -0.05) is 11.6 Å². The molecule has 0 amide bonds. The summed E-state index contributed by atoms with van der Waals surface area (Å²) in [6.45, 7) is 5.32. The van der Waals surface area contributed by atoms with Crippen molar-refractivity contribution in [1.29, 1.82) is 0 Å². The molecule has 1 heterocycles. The Hall–Kier alpha value is -1.59. The first kappa shape index (κ1) is 25.5. The minimum absolute atomic E-state index is 0.0527. The van der Waals surface area contributed by atoms with E-state index in [1.165, 1.54) is 28.6 Å². The van der Waals surface area contributed by atoms with Crippen molar-refractivity contribution < 1.29 is 25.6 Å². The fraction of sp³-hybridized carbons (Fsp3) is 0.478. The molecule has 0 unspecified atom stereocenters. The Morgan fingerprint density at radius 2 is 1.76 bits per heavy atom. The second kappa shape index (κ2) is 8.51. The maximum absolute atomic E-state index is 15.1. The average Bonchev–Trinajstić information content (AvgIpc) is 2.73. The van der Waals surface area contributed by atoms with E-state index in [2.05, 4.69) is 4.72 Å². The van der Waals surface area contributed by atoms with Gasteiger partial charge >= 0.3 is 0 Å². The number of rotatable bonds is 3. The summed E-state index contributed by atoms with van der Waals surface area (Å²) in [4.78, 5) is -0.0527. The molecular formula is C23H27ClF2N2O4S2. The molecule has 1 N–H and O–H groups in total. The van der Waals surface area contributed by atoms with Gasteiger partial charge in [0, 0.05) is 28.7 Å². The molecule has 3 atom stereocenters. The first-order chi connectivity index (χ1) is 15.7. The second-order valence-electron chi connectivity index (χ2n) is 10.0. The maximum Gasteiger partial charge on any atom is 0.280 e. The lowest BCUT2D eigenvalue weighted by Gasteiger charge is -2.50. The van der Waals surface area contributed by atoms with Crippen molar-refractivity contribution in [3.8, 4) is 0 Å². The lowest BCUT2D eigenvalue weighted by molar-refractivity contribution is 0.130. The Labute approximate surface area is 204 Å². The number of fused-ring (bicyclic) bond motifs is 1. The van der Waals surface area contributed by atoms with Crippen LogP contribution in [0.25, 0.3) is 0 Å². The summed E-state index contributed by atoms with van der Waals surface area (Å²) >= 11 is 5.95. The minimum atomic E-state index is -4.23. The largest absolute Gasteiger partial charge is 0.280 e. The highest BCUT2D eigenvalue weighted by Gasteiger charge is 2.56. The third kappa shape index (κ3) is 4.28. The average molecular weight is 533 g/mol. The number of halogens is 3. The second-order valence-corrected chi connectivity index (χ2v) is 14.3. The van der Waals surface area contributed by atoms with Gasteiger partial charge < -0.3 is 0 Å². The van der Waals surface area contributed by atoms with E-state index in [9.17, 15) is 21.2 Å². The molecule has 2 fully saturated rings. The highest BCUT2D eigenvalue weighted by molar-refractivity contribution is 7.92. The maximum atomic E-state index is 15.1. The number of hydrogen-bond acceptors (Lipinski definition) is 4. The number of benzene rings is 2. The summed E-state index contributed by atoms with van der Waals surface area (Å²) in [5, 5.41) is 0.344. The number of sulfone groups is 1. The van der Waals surface area contributed by atoms with Crippen LogP contribution in [0.1, 0.15) is 45.6 Å². The van der Waals surface area contributed by atoms with Crippen molar-refractivity contribution in [2.45, 2.75) is 61.3 Å². The Balaban J connectivity index is 1.87. The Morgan fingerprint density at radius 3 is 2.38 bits per heavy atom. The minimum Gasteiger partial charge on any atom is -0.223 e. The van der Waals surface area contributed by atoms with Crippen LogP contribution in [0, 0.1) is 17.6 Å². The van der Waals surface area contributed by atoms with Gasteiger partial charge in [-0.05, 0) is 88.4 Å². The number of nitrogens with zero attached hydrogens (tertiary/aromatic N) is 1. The van der Waals surface area contributed by atoms with Crippen molar-refractivity contribution in [3.63, 3.8) is 0 Å². The molecule has 0 aromatic heterocycles. The van der Waals surface area contributed by atoms with E-state index < -0.39 is 53.9 Å².